The van der Waals surface area contributed by atoms with Crippen molar-refractivity contribution in [1.29, 1.82) is 0 Å². The third-order valence-electron chi connectivity index (χ3n) is 3.49. The van der Waals surface area contributed by atoms with Gasteiger partial charge in [0.1, 0.15) is 6.04 Å². The molecule has 0 bridgehead atoms. The summed E-state index contributed by atoms with van der Waals surface area (Å²) in [6, 6.07) is -1.08. The molecule has 1 aliphatic heterocycles. The van der Waals surface area contributed by atoms with Gasteiger partial charge in [-0.2, -0.15) is 0 Å². The van der Waals surface area contributed by atoms with Gasteiger partial charge in [0.25, 0.3) is 0 Å². The number of nitrogens with zero attached hydrogens (tertiary/aromatic N) is 2. The number of rotatable bonds is 7. The quantitative estimate of drug-likeness (QED) is 0.695. The van der Waals surface area contributed by atoms with Crippen molar-refractivity contribution >= 4 is 12.0 Å². The Labute approximate surface area is 119 Å². The number of ether oxygens (including phenoxy) is 2. The van der Waals surface area contributed by atoms with Gasteiger partial charge >= 0.3 is 12.0 Å². The van der Waals surface area contributed by atoms with Gasteiger partial charge in [0, 0.05) is 39.8 Å². The minimum atomic E-state index is -0.987. The lowest BCUT2D eigenvalue weighted by Gasteiger charge is -2.29. The van der Waals surface area contributed by atoms with E-state index in [4.69, 9.17) is 9.47 Å². The van der Waals surface area contributed by atoms with Gasteiger partial charge in [-0.1, -0.05) is 0 Å². The van der Waals surface area contributed by atoms with Gasteiger partial charge in [0.15, 0.2) is 0 Å². The molecule has 2 unspecified atom stereocenters. The minimum Gasteiger partial charge on any atom is -0.480 e. The van der Waals surface area contributed by atoms with E-state index in [2.05, 4.69) is 0 Å². The maximum absolute atomic E-state index is 12.4. The van der Waals surface area contributed by atoms with Crippen molar-refractivity contribution in [3.05, 3.63) is 0 Å². The fourth-order valence-electron chi connectivity index (χ4n) is 2.30. The lowest BCUT2D eigenvalue weighted by Crippen LogP contribution is -2.49. The van der Waals surface area contributed by atoms with Crippen molar-refractivity contribution in [2.75, 3.05) is 40.0 Å². The van der Waals surface area contributed by atoms with Crippen LogP contribution in [0.3, 0.4) is 0 Å². The first kappa shape index (κ1) is 16.7. The highest BCUT2D eigenvalue weighted by Gasteiger charge is 2.41. The lowest BCUT2D eigenvalue weighted by atomic mass is 10.2. The first-order valence-electron chi connectivity index (χ1n) is 6.93. The molecule has 0 aromatic heterocycles. The molecule has 1 rings (SSSR count). The van der Waals surface area contributed by atoms with Crippen molar-refractivity contribution in [2.24, 2.45) is 0 Å². The second-order valence-corrected chi connectivity index (χ2v) is 4.66. The zero-order chi connectivity index (χ0) is 15.1. The summed E-state index contributed by atoms with van der Waals surface area (Å²) in [5.74, 6) is -0.987. The zero-order valence-corrected chi connectivity index (χ0v) is 12.4. The highest BCUT2D eigenvalue weighted by atomic mass is 16.5. The fourth-order valence-corrected chi connectivity index (χ4v) is 2.30. The van der Waals surface area contributed by atoms with Gasteiger partial charge in [0.05, 0.1) is 12.7 Å². The Kier molecular flexibility index (Phi) is 6.74. The van der Waals surface area contributed by atoms with Crippen LogP contribution in [0.4, 0.5) is 4.79 Å². The number of hydrogen-bond donors (Lipinski definition) is 1. The Morgan fingerprint density at radius 3 is 2.60 bits per heavy atom. The molecule has 1 N–H and O–H groups in total. The topological polar surface area (TPSA) is 79.3 Å². The van der Waals surface area contributed by atoms with Crippen LogP contribution in [-0.2, 0) is 14.3 Å². The van der Waals surface area contributed by atoms with Crippen molar-refractivity contribution in [3.63, 3.8) is 0 Å². The zero-order valence-electron chi connectivity index (χ0n) is 12.4. The van der Waals surface area contributed by atoms with E-state index in [1.807, 2.05) is 13.8 Å². The number of likely N-dealkylation sites (tertiary alicyclic amines) is 1. The van der Waals surface area contributed by atoms with Crippen molar-refractivity contribution in [1.82, 2.24) is 9.80 Å². The number of carbonyl (C=O) groups is 2. The Hall–Kier alpha value is -1.34. The SMILES string of the molecule is CCOCCN(CC)C(=O)N1CC(OC)CC1C(=O)O. The van der Waals surface area contributed by atoms with Crippen LogP contribution in [0.1, 0.15) is 20.3 Å². The normalized spacial score (nSPS) is 22.1. The van der Waals surface area contributed by atoms with E-state index in [1.54, 1.807) is 4.90 Å². The van der Waals surface area contributed by atoms with Crippen molar-refractivity contribution in [2.45, 2.75) is 32.4 Å². The maximum atomic E-state index is 12.4. The number of methoxy groups -OCH3 is 1. The van der Waals surface area contributed by atoms with E-state index in [9.17, 15) is 14.7 Å². The fraction of sp³-hybridized carbons (Fsp3) is 0.846. The lowest BCUT2D eigenvalue weighted by molar-refractivity contribution is -0.141. The van der Waals surface area contributed by atoms with E-state index in [0.29, 0.717) is 39.3 Å². The van der Waals surface area contributed by atoms with Crippen LogP contribution in [0.25, 0.3) is 0 Å². The summed E-state index contributed by atoms with van der Waals surface area (Å²) in [7, 11) is 1.53. The molecular formula is C13H24N2O5. The standard InChI is InChI=1S/C13H24N2O5/c1-4-14(6-7-20-5-2)13(18)15-9-10(19-3)8-11(15)12(16)17/h10-11H,4-9H2,1-3H3,(H,16,17). The van der Waals surface area contributed by atoms with Crippen LogP contribution in [0.5, 0.6) is 0 Å². The molecule has 7 nitrogen and oxygen atoms in total. The van der Waals surface area contributed by atoms with Crippen LogP contribution < -0.4 is 0 Å². The van der Waals surface area contributed by atoms with E-state index in [0.717, 1.165) is 0 Å². The summed E-state index contributed by atoms with van der Waals surface area (Å²) in [5, 5.41) is 9.22. The first-order chi connectivity index (χ1) is 9.54. The summed E-state index contributed by atoms with van der Waals surface area (Å²) in [5.41, 5.74) is 0. The summed E-state index contributed by atoms with van der Waals surface area (Å²) >= 11 is 0. The third-order valence-corrected chi connectivity index (χ3v) is 3.49. The highest BCUT2D eigenvalue weighted by molar-refractivity contribution is 5.83. The molecule has 2 atom stereocenters. The Balaban J connectivity index is 2.68. The molecule has 1 saturated heterocycles. The number of aliphatic carboxylic acids is 1. The molecule has 2 amide bonds. The largest absolute Gasteiger partial charge is 0.480 e. The van der Waals surface area contributed by atoms with Gasteiger partial charge in [-0.25, -0.2) is 9.59 Å². The average molecular weight is 288 g/mol. The Morgan fingerprint density at radius 2 is 2.10 bits per heavy atom. The predicted octanol–water partition coefficient (Wildman–Crippen LogP) is 0.639. The van der Waals surface area contributed by atoms with E-state index < -0.39 is 12.0 Å². The molecule has 1 aliphatic rings. The van der Waals surface area contributed by atoms with Gasteiger partial charge in [-0.15, -0.1) is 0 Å². The first-order valence-corrected chi connectivity index (χ1v) is 6.93. The molecule has 20 heavy (non-hydrogen) atoms. The molecule has 0 spiro atoms. The molecular weight excluding hydrogens is 264 g/mol. The van der Waals surface area contributed by atoms with Gasteiger partial charge < -0.3 is 24.4 Å². The number of amides is 2. The summed E-state index contributed by atoms with van der Waals surface area (Å²) in [4.78, 5) is 26.7. The average Bonchev–Trinajstić information content (AvgIpc) is 2.87. The second kappa shape index (κ2) is 8.06. The Morgan fingerprint density at radius 1 is 1.40 bits per heavy atom. The smallest absolute Gasteiger partial charge is 0.326 e. The number of carbonyl (C=O) groups excluding carboxylic acids is 1. The summed E-state index contributed by atoms with van der Waals surface area (Å²) in [6.07, 6.45) is 0.117. The van der Waals surface area contributed by atoms with Crippen molar-refractivity contribution in [3.8, 4) is 0 Å². The molecule has 1 fully saturated rings. The number of carboxylic acids is 1. The molecule has 0 aliphatic carbocycles. The monoisotopic (exact) mass is 288 g/mol. The number of hydrogen-bond acceptors (Lipinski definition) is 4. The number of likely N-dealkylation sites (N-methyl/N-ethyl adjacent to an activating group) is 1. The summed E-state index contributed by atoms with van der Waals surface area (Å²) < 4.78 is 10.4. The van der Waals surface area contributed by atoms with Crippen LogP contribution in [0, 0.1) is 0 Å². The number of urea groups is 1. The van der Waals surface area contributed by atoms with Gasteiger partial charge in [-0.05, 0) is 13.8 Å². The third kappa shape index (κ3) is 4.08. The molecule has 0 aromatic rings. The van der Waals surface area contributed by atoms with E-state index >= 15 is 0 Å². The van der Waals surface area contributed by atoms with E-state index in [1.165, 1.54) is 12.0 Å². The van der Waals surface area contributed by atoms with Gasteiger partial charge in [0.2, 0.25) is 0 Å². The Bertz CT molecular complexity index is 337. The molecule has 0 aromatic carbocycles. The molecule has 7 heteroatoms. The van der Waals surface area contributed by atoms with Crippen LogP contribution in [0.15, 0.2) is 0 Å². The molecule has 1 heterocycles. The van der Waals surface area contributed by atoms with Gasteiger partial charge in [-0.3, -0.25) is 0 Å². The van der Waals surface area contributed by atoms with Crippen LogP contribution in [0.2, 0.25) is 0 Å². The van der Waals surface area contributed by atoms with E-state index in [-0.39, 0.29) is 12.1 Å². The van der Waals surface area contributed by atoms with Crippen LogP contribution >= 0.6 is 0 Å². The molecule has 0 radical (unpaired) electrons. The summed E-state index contributed by atoms with van der Waals surface area (Å²) in [6.45, 7) is 6.10. The maximum Gasteiger partial charge on any atom is 0.326 e. The van der Waals surface area contributed by atoms with Crippen LogP contribution in [-0.4, -0.2) is 79.0 Å². The second-order valence-electron chi connectivity index (χ2n) is 4.66. The van der Waals surface area contributed by atoms with Crippen molar-refractivity contribution < 1.29 is 24.2 Å². The highest BCUT2D eigenvalue weighted by Crippen LogP contribution is 2.21. The minimum absolute atomic E-state index is 0.217. The molecule has 116 valence electrons. The molecule has 0 saturated carbocycles. The predicted molar refractivity (Wildman–Crippen MR) is 72.7 cm³/mol. The number of carboxylic acid groups (broad SMARTS) is 1.